The van der Waals surface area contributed by atoms with Crippen LogP contribution in [-0.4, -0.2) is 29.9 Å². The number of hydrogen-bond acceptors (Lipinski definition) is 5. The van der Waals surface area contributed by atoms with E-state index in [0.29, 0.717) is 17.2 Å². The van der Waals surface area contributed by atoms with Crippen LogP contribution < -0.4 is 20.3 Å². The molecular formula is C20H19N3O4. The van der Waals surface area contributed by atoms with Gasteiger partial charge in [0.25, 0.3) is 11.5 Å². The number of aromatic nitrogens is 2. The molecule has 0 bridgehead atoms. The Balaban J connectivity index is 1.85. The Morgan fingerprint density at radius 1 is 1.04 bits per heavy atom. The number of hydrogen-bond donors (Lipinski definition) is 1. The van der Waals surface area contributed by atoms with Gasteiger partial charge in [0, 0.05) is 12.1 Å². The van der Waals surface area contributed by atoms with Gasteiger partial charge >= 0.3 is 0 Å². The molecule has 27 heavy (non-hydrogen) atoms. The third-order valence-corrected chi connectivity index (χ3v) is 3.93. The predicted octanol–water partition coefficient (Wildman–Crippen LogP) is 2.56. The van der Waals surface area contributed by atoms with Crippen LogP contribution in [0.4, 0.5) is 5.69 Å². The Labute approximate surface area is 156 Å². The number of nitrogens with zero attached hydrogens (tertiary/aromatic N) is 2. The van der Waals surface area contributed by atoms with Crippen LogP contribution >= 0.6 is 0 Å². The summed E-state index contributed by atoms with van der Waals surface area (Å²) in [5.41, 5.74) is 1.20. The van der Waals surface area contributed by atoms with E-state index >= 15 is 0 Å². The van der Waals surface area contributed by atoms with E-state index in [1.807, 2.05) is 30.3 Å². The van der Waals surface area contributed by atoms with Gasteiger partial charge in [-0.25, -0.2) is 4.68 Å². The van der Waals surface area contributed by atoms with Gasteiger partial charge in [-0.3, -0.25) is 9.59 Å². The molecule has 0 radical (unpaired) electrons. The minimum atomic E-state index is -0.455. The third-order valence-electron chi connectivity index (χ3n) is 3.93. The summed E-state index contributed by atoms with van der Waals surface area (Å²) in [4.78, 5) is 24.7. The maximum absolute atomic E-state index is 12.6. The number of nitrogens with one attached hydrogen (secondary N) is 1. The van der Waals surface area contributed by atoms with Gasteiger partial charge in [0.15, 0.2) is 0 Å². The lowest BCUT2D eigenvalue weighted by Crippen LogP contribution is -2.26. The average Bonchev–Trinajstić information content (AvgIpc) is 2.70. The molecule has 7 heteroatoms. The average molecular weight is 365 g/mol. The first-order chi connectivity index (χ1) is 13.1. The Kier molecular flexibility index (Phi) is 5.51. The Morgan fingerprint density at radius 3 is 2.52 bits per heavy atom. The van der Waals surface area contributed by atoms with Crippen molar-refractivity contribution in [2.75, 3.05) is 19.5 Å². The minimum absolute atomic E-state index is 0.121. The largest absolute Gasteiger partial charge is 0.497 e. The third kappa shape index (κ3) is 4.33. The standard InChI is InChI=1S/C20H19N3O4/c1-26-15-8-10-18(27-2)17(12-15)21-20(25)16-9-11-19(24)23(22-16)13-14-6-4-3-5-7-14/h3-12H,13H2,1-2H3,(H,21,25). The van der Waals surface area contributed by atoms with Crippen LogP contribution in [0.15, 0.2) is 65.5 Å². The molecule has 0 fully saturated rings. The normalized spacial score (nSPS) is 10.3. The first-order valence-corrected chi connectivity index (χ1v) is 8.26. The molecule has 3 aromatic rings. The van der Waals surface area contributed by atoms with Crippen molar-refractivity contribution in [1.29, 1.82) is 0 Å². The van der Waals surface area contributed by atoms with E-state index in [2.05, 4.69) is 10.4 Å². The van der Waals surface area contributed by atoms with E-state index in [4.69, 9.17) is 9.47 Å². The fourth-order valence-electron chi connectivity index (χ4n) is 2.54. The van der Waals surface area contributed by atoms with Crippen molar-refractivity contribution < 1.29 is 14.3 Å². The smallest absolute Gasteiger partial charge is 0.276 e. The fourth-order valence-corrected chi connectivity index (χ4v) is 2.54. The molecule has 0 aliphatic heterocycles. The molecular weight excluding hydrogens is 346 g/mol. The molecule has 0 saturated carbocycles. The molecule has 0 aliphatic rings. The summed E-state index contributed by atoms with van der Waals surface area (Å²) in [6.45, 7) is 0.281. The molecule has 0 atom stereocenters. The van der Waals surface area contributed by atoms with Crippen molar-refractivity contribution in [1.82, 2.24) is 9.78 Å². The minimum Gasteiger partial charge on any atom is -0.497 e. The number of ether oxygens (including phenoxy) is 2. The predicted molar refractivity (Wildman–Crippen MR) is 102 cm³/mol. The van der Waals surface area contributed by atoms with Crippen molar-refractivity contribution in [3.8, 4) is 11.5 Å². The van der Waals surface area contributed by atoms with Gasteiger partial charge < -0.3 is 14.8 Å². The quantitative estimate of drug-likeness (QED) is 0.726. The Hall–Kier alpha value is -3.61. The van der Waals surface area contributed by atoms with Crippen molar-refractivity contribution in [2.24, 2.45) is 0 Å². The Morgan fingerprint density at radius 2 is 1.81 bits per heavy atom. The molecule has 0 aliphatic carbocycles. The number of methoxy groups -OCH3 is 2. The number of amides is 1. The SMILES string of the molecule is COc1ccc(OC)c(NC(=O)c2ccc(=O)n(Cc3ccccc3)n2)c1. The van der Waals surface area contributed by atoms with Gasteiger partial charge in [-0.15, -0.1) is 0 Å². The lowest BCUT2D eigenvalue weighted by atomic mass is 10.2. The lowest BCUT2D eigenvalue weighted by Gasteiger charge is -2.12. The number of carbonyl (C=O) groups excluding carboxylic acids is 1. The second-order valence-corrected chi connectivity index (χ2v) is 5.72. The second kappa shape index (κ2) is 8.18. The van der Waals surface area contributed by atoms with Crippen LogP contribution in [0, 0.1) is 0 Å². The molecule has 138 valence electrons. The monoisotopic (exact) mass is 365 g/mol. The highest BCUT2D eigenvalue weighted by molar-refractivity contribution is 6.03. The number of anilines is 1. The van der Waals surface area contributed by atoms with E-state index in [1.165, 1.54) is 31.0 Å². The van der Waals surface area contributed by atoms with Crippen LogP contribution in [0.25, 0.3) is 0 Å². The van der Waals surface area contributed by atoms with Crippen molar-refractivity contribution in [3.05, 3.63) is 82.3 Å². The number of benzene rings is 2. The van der Waals surface area contributed by atoms with Crippen LogP contribution in [-0.2, 0) is 6.54 Å². The molecule has 7 nitrogen and oxygen atoms in total. The van der Waals surface area contributed by atoms with E-state index < -0.39 is 5.91 Å². The summed E-state index contributed by atoms with van der Waals surface area (Å²) >= 11 is 0. The zero-order chi connectivity index (χ0) is 19.2. The molecule has 0 saturated heterocycles. The van der Waals surface area contributed by atoms with Gasteiger partial charge in [0.1, 0.15) is 17.2 Å². The maximum atomic E-state index is 12.6. The van der Waals surface area contributed by atoms with Crippen LogP contribution in [0.5, 0.6) is 11.5 Å². The molecule has 3 rings (SSSR count). The summed E-state index contributed by atoms with van der Waals surface area (Å²) in [6, 6.07) is 17.2. The zero-order valence-electron chi connectivity index (χ0n) is 15.0. The molecule has 1 heterocycles. The summed E-state index contributed by atoms with van der Waals surface area (Å²) in [5.74, 6) is 0.609. The van der Waals surface area contributed by atoms with E-state index in [0.717, 1.165) is 5.56 Å². The summed E-state index contributed by atoms with van der Waals surface area (Å²) in [6.07, 6.45) is 0. The first kappa shape index (κ1) is 18.2. The van der Waals surface area contributed by atoms with Gasteiger partial charge in [0.2, 0.25) is 0 Å². The van der Waals surface area contributed by atoms with Crippen molar-refractivity contribution >= 4 is 11.6 Å². The van der Waals surface area contributed by atoms with E-state index in [1.54, 1.807) is 18.2 Å². The Bertz CT molecular complexity index is 1000. The fraction of sp³-hybridized carbons (Fsp3) is 0.150. The van der Waals surface area contributed by atoms with Crippen molar-refractivity contribution in [2.45, 2.75) is 6.54 Å². The maximum Gasteiger partial charge on any atom is 0.276 e. The lowest BCUT2D eigenvalue weighted by molar-refractivity contribution is 0.101. The van der Waals surface area contributed by atoms with E-state index in [9.17, 15) is 9.59 Å². The van der Waals surface area contributed by atoms with Crippen LogP contribution in [0.3, 0.4) is 0 Å². The molecule has 1 N–H and O–H groups in total. The van der Waals surface area contributed by atoms with E-state index in [-0.39, 0.29) is 17.8 Å². The molecule has 0 unspecified atom stereocenters. The molecule has 1 amide bonds. The molecule has 1 aromatic heterocycles. The van der Waals surface area contributed by atoms with Gasteiger partial charge in [-0.05, 0) is 23.8 Å². The molecule has 2 aromatic carbocycles. The number of carbonyl (C=O) groups is 1. The highest BCUT2D eigenvalue weighted by Crippen LogP contribution is 2.29. The number of rotatable bonds is 6. The summed E-state index contributed by atoms with van der Waals surface area (Å²) in [7, 11) is 3.05. The summed E-state index contributed by atoms with van der Waals surface area (Å²) < 4.78 is 11.7. The highest BCUT2D eigenvalue weighted by Gasteiger charge is 2.14. The van der Waals surface area contributed by atoms with Gasteiger partial charge in [-0.2, -0.15) is 5.10 Å². The van der Waals surface area contributed by atoms with Gasteiger partial charge in [-0.1, -0.05) is 30.3 Å². The highest BCUT2D eigenvalue weighted by atomic mass is 16.5. The van der Waals surface area contributed by atoms with Crippen LogP contribution in [0.2, 0.25) is 0 Å². The summed E-state index contributed by atoms with van der Waals surface area (Å²) in [5, 5.41) is 6.92. The first-order valence-electron chi connectivity index (χ1n) is 8.26. The second-order valence-electron chi connectivity index (χ2n) is 5.72. The topological polar surface area (TPSA) is 82.5 Å². The molecule has 0 spiro atoms. The van der Waals surface area contributed by atoms with Crippen LogP contribution in [0.1, 0.15) is 16.1 Å². The van der Waals surface area contributed by atoms with Gasteiger partial charge in [0.05, 0.1) is 26.5 Å². The van der Waals surface area contributed by atoms with Crippen molar-refractivity contribution in [3.63, 3.8) is 0 Å². The zero-order valence-corrected chi connectivity index (χ0v) is 15.0.